The summed E-state index contributed by atoms with van der Waals surface area (Å²) in [6.07, 6.45) is 4.48. The third-order valence-corrected chi connectivity index (χ3v) is 3.75. The Morgan fingerprint density at radius 3 is 2.07 bits per heavy atom. The Balaban J connectivity index is 2.34. The summed E-state index contributed by atoms with van der Waals surface area (Å²) >= 11 is 0. The van der Waals surface area contributed by atoms with Crippen molar-refractivity contribution in [2.45, 2.75) is 0 Å². The van der Waals surface area contributed by atoms with Crippen LogP contribution in [0.4, 0.5) is 5.69 Å². The first-order valence-electron chi connectivity index (χ1n) is 7.86. The summed E-state index contributed by atoms with van der Waals surface area (Å²) in [5.41, 5.74) is 1.38. The number of aliphatic imine (C=N–C) groups is 1. The van der Waals surface area contributed by atoms with Crippen LogP contribution in [0.15, 0.2) is 41.4 Å². The van der Waals surface area contributed by atoms with Gasteiger partial charge in [0.2, 0.25) is 11.8 Å². The van der Waals surface area contributed by atoms with E-state index in [9.17, 15) is 9.59 Å². The number of hydrogen-bond acceptors (Lipinski definition) is 7. The zero-order chi connectivity index (χ0) is 19.8. The standard InChI is InChI=1S/C20H19NO6/c1-24-17-8-6-13(9-15(17)21-12-22)5-7-16(23)14-10-18(25-2)20(27-4)19(11-14)26-3/h5-11H,1-4H3/b7-5+. The molecule has 0 saturated heterocycles. The second-order valence-electron chi connectivity index (χ2n) is 5.25. The van der Waals surface area contributed by atoms with Crippen LogP contribution in [0, 0.1) is 0 Å². The lowest BCUT2D eigenvalue weighted by atomic mass is 10.1. The molecule has 0 amide bonds. The van der Waals surface area contributed by atoms with Gasteiger partial charge in [-0.3, -0.25) is 4.79 Å². The molecule has 140 valence electrons. The molecule has 0 atom stereocenters. The normalized spacial score (nSPS) is 10.2. The average molecular weight is 369 g/mol. The van der Waals surface area contributed by atoms with E-state index < -0.39 is 0 Å². The lowest BCUT2D eigenvalue weighted by Gasteiger charge is -2.13. The molecule has 2 rings (SSSR count). The van der Waals surface area contributed by atoms with Gasteiger partial charge in [0.1, 0.15) is 11.4 Å². The number of methoxy groups -OCH3 is 4. The Kier molecular flexibility index (Phi) is 6.74. The maximum absolute atomic E-state index is 12.5. The van der Waals surface area contributed by atoms with Crippen LogP contribution in [0.3, 0.4) is 0 Å². The molecule has 0 aliphatic rings. The van der Waals surface area contributed by atoms with Gasteiger partial charge >= 0.3 is 0 Å². The molecule has 0 N–H and O–H groups in total. The third kappa shape index (κ3) is 4.54. The van der Waals surface area contributed by atoms with Gasteiger partial charge in [-0.05, 0) is 35.9 Å². The van der Waals surface area contributed by atoms with Crippen LogP contribution >= 0.6 is 0 Å². The van der Waals surface area contributed by atoms with E-state index in [2.05, 4.69) is 4.99 Å². The molecule has 0 saturated carbocycles. The molecule has 0 unspecified atom stereocenters. The molecule has 27 heavy (non-hydrogen) atoms. The molecule has 2 aromatic carbocycles. The average Bonchev–Trinajstić information content (AvgIpc) is 2.71. The molecule has 2 aromatic rings. The number of ketones is 1. The molecule has 0 aliphatic heterocycles. The molecule has 0 radical (unpaired) electrons. The summed E-state index contributed by atoms with van der Waals surface area (Å²) < 4.78 is 20.9. The van der Waals surface area contributed by atoms with Gasteiger partial charge in [-0.25, -0.2) is 4.79 Å². The number of carbonyl (C=O) groups excluding carboxylic acids is 2. The molecular weight excluding hydrogens is 350 g/mol. The summed E-state index contributed by atoms with van der Waals surface area (Å²) in [6.45, 7) is 0. The third-order valence-electron chi connectivity index (χ3n) is 3.75. The number of ether oxygens (including phenoxy) is 4. The second-order valence-corrected chi connectivity index (χ2v) is 5.25. The van der Waals surface area contributed by atoms with E-state index in [1.54, 1.807) is 36.4 Å². The van der Waals surface area contributed by atoms with Gasteiger partial charge in [0.15, 0.2) is 17.3 Å². The zero-order valence-corrected chi connectivity index (χ0v) is 15.4. The highest BCUT2D eigenvalue weighted by molar-refractivity contribution is 6.07. The molecule has 0 bridgehead atoms. The SMILES string of the molecule is COc1ccc(/C=C/C(=O)c2cc(OC)c(OC)c(OC)c2)cc1N=C=O. The van der Waals surface area contributed by atoms with Gasteiger partial charge in [-0.1, -0.05) is 12.1 Å². The predicted molar refractivity (Wildman–Crippen MR) is 100 cm³/mol. The van der Waals surface area contributed by atoms with Gasteiger partial charge < -0.3 is 18.9 Å². The number of allylic oxidation sites excluding steroid dienone is 1. The Bertz CT molecular complexity index is 888. The Morgan fingerprint density at radius 1 is 0.926 bits per heavy atom. The monoisotopic (exact) mass is 369 g/mol. The highest BCUT2D eigenvalue weighted by Crippen LogP contribution is 2.38. The molecule has 0 heterocycles. The number of carbonyl (C=O) groups is 1. The van der Waals surface area contributed by atoms with Crippen molar-refractivity contribution in [2.75, 3.05) is 28.4 Å². The fourth-order valence-electron chi connectivity index (χ4n) is 2.44. The largest absolute Gasteiger partial charge is 0.494 e. The molecule has 0 fully saturated rings. The summed E-state index contributed by atoms with van der Waals surface area (Å²) in [5.74, 6) is 1.37. The van der Waals surface area contributed by atoms with Crippen LogP contribution in [-0.4, -0.2) is 40.3 Å². The van der Waals surface area contributed by atoms with Crippen molar-refractivity contribution in [3.8, 4) is 23.0 Å². The first-order valence-corrected chi connectivity index (χ1v) is 7.86. The molecule has 7 heteroatoms. The highest BCUT2D eigenvalue weighted by atomic mass is 16.5. The van der Waals surface area contributed by atoms with Gasteiger partial charge in [0.05, 0.1) is 28.4 Å². The van der Waals surface area contributed by atoms with Crippen molar-refractivity contribution in [3.05, 3.63) is 47.5 Å². The van der Waals surface area contributed by atoms with Gasteiger partial charge in [0.25, 0.3) is 0 Å². The van der Waals surface area contributed by atoms with Crippen molar-refractivity contribution in [1.29, 1.82) is 0 Å². The van der Waals surface area contributed by atoms with Gasteiger partial charge in [-0.15, -0.1) is 0 Å². The van der Waals surface area contributed by atoms with Crippen molar-refractivity contribution in [2.24, 2.45) is 4.99 Å². The summed E-state index contributed by atoms with van der Waals surface area (Å²) in [5, 5.41) is 0. The maximum atomic E-state index is 12.5. The van der Waals surface area contributed by atoms with Crippen molar-refractivity contribution < 1.29 is 28.5 Å². The predicted octanol–water partition coefficient (Wildman–Crippen LogP) is 3.58. The van der Waals surface area contributed by atoms with Crippen LogP contribution in [0.25, 0.3) is 6.08 Å². The Hall–Kier alpha value is -3.57. The van der Waals surface area contributed by atoms with E-state index in [0.29, 0.717) is 39.8 Å². The first-order chi connectivity index (χ1) is 13.1. The van der Waals surface area contributed by atoms with E-state index in [0.717, 1.165) is 0 Å². The van der Waals surface area contributed by atoms with E-state index >= 15 is 0 Å². The maximum Gasteiger partial charge on any atom is 0.240 e. The van der Waals surface area contributed by atoms with Crippen LogP contribution in [0.2, 0.25) is 0 Å². The summed E-state index contributed by atoms with van der Waals surface area (Å²) in [6, 6.07) is 8.15. The van der Waals surface area contributed by atoms with E-state index in [4.69, 9.17) is 18.9 Å². The van der Waals surface area contributed by atoms with Crippen LogP contribution in [0.1, 0.15) is 15.9 Å². The fourth-order valence-corrected chi connectivity index (χ4v) is 2.44. The Morgan fingerprint density at radius 2 is 1.56 bits per heavy atom. The molecular formula is C20H19NO6. The van der Waals surface area contributed by atoms with Crippen LogP contribution in [0.5, 0.6) is 23.0 Å². The minimum absolute atomic E-state index is 0.259. The quantitative estimate of drug-likeness (QED) is 0.306. The fraction of sp³-hybridized carbons (Fsp3) is 0.200. The lowest BCUT2D eigenvalue weighted by Crippen LogP contribution is -2.00. The minimum atomic E-state index is -0.259. The van der Waals surface area contributed by atoms with Crippen LogP contribution < -0.4 is 18.9 Å². The summed E-state index contributed by atoms with van der Waals surface area (Å²) in [4.78, 5) is 26.7. The number of rotatable bonds is 8. The van der Waals surface area contributed by atoms with E-state index in [1.165, 1.54) is 40.6 Å². The Labute approximate surface area is 156 Å². The zero-order valence-electron chi connectivity index (χ0n) is 15.4. The van der Waals surface area contributed by atoms with Crippen molar-refractivity contribution in [3.63, 3.8) is 0 Å². The van der Waals surface area contributed by atoms with E-state index in [1.807, 2.05) is 0 Å². The molecule has 7 nitrogen and oxygen atoms in total. The summed E-state index contributed by atoms with van der Waals surface area (Å²) in [7, 11) is 5.93. The topological polar surface area (TPSA) is 83.4 Å². The number of nitrogens with zero attached hydrogens (tertiary/aromatic N) is 1. The van der Waals surface area contributed by atoms with Crippen LogP contribution in [-0.2, 0) is 4.79 Å². The number of benzene rings is 2. The molecule has 0 aromatic heterocycles. The lowest BCUT2D eigenvalue weighted by molar-refractivity contribution is 0.104. The first kappa shape index (κ1) is 19.8. The second kappa shape index (κ2) is 9.22. The highest BCUT2D eigenvalue weighted by Gasteiger charge is 2.15. The van der Waals surface area contributed by atoms with Gasteiger partial charge in [0, 0.05) is 5.56 Å². The molecule has 0 spiro atoms. The number of isocyanates is 1. The minimum Gasteiger partial charge on any atom is -0.494 e. The molecule has 0 aliphatic carbocycles. The smallest absolute Gasteiger partial charge is 0.240 e. The van der Waals surface area contributed by atoms with Crippen molar-refractivity contribution >= 4 is 23.6 Å². The van der Waals surface area contributed by atoms with Gasteiger partial charge in [-0.2, -0.15) is 4.99 Å². The number of hydrogen-bond donors (Lipinski definition) is 0. The van der Waals surface area contributed by atoms with Crippen molar-refractivity contribution in [1.82, 2.24) is 0 Å². The van der Waals surface area contributed by atoms with E-state index in [-0.39, 0.29) is 5.78 Å².